The fourth-order valence-corrected chi connectivity index (χ4v) is 3.17. The smallest absolute Gasteiger partial charge is 0.407 e. The molecule has 0 aromatic carbocycles. The van der Waals surface area contributed by atoms with E-state index in [0.717, 1.165) is 19.3 Å². The van der Waals surface area contributed by atoms with Gasteiger partial charge in [0, 0.05) is 26.8 Å². The fourth-order valence-electron chi connectivity index (χ4n) is 2.69. The van der Waals surface area contributed by atoms with E-state index in [9.17, 15) is 9.59 Å². The van der Waals surface area contributed by atoms with Gasteiger partial charge in [-0.2, -0.15) is 0 Å². The molecule has 0 aromatic heterocycles. The molecule has 1 saturated carbocycles. The van der Waals surface area contributed by atoms with Crippen LogP contribution in [0.2, 0.25) is 0 Å². The normalized spacial score (nSPS) is 24.9. The molecule has 0 bridgehead atoms. The SMILES string of the molecule is CSOC1CCC(CC(=O)N(C)C)C[C@H]1NC(=O)OC(C)(C)C. The average Bonchev–Trinajstić information content (AvgIpc) is 2.39. The summed E-state index contributed by atoms with van der Waals surface area (Å²) in [6.45, 7) is 5.51. The highest BCUT2D eigenvalue weighted by atomic mass is 32.2. The number of carbonyl (C=O) groups excluding carboxylic acids is 2. The van der Waals surface area contributed by atoms with Gasteiger partial charge in [-0.1, -0.05) is 0 Å². The van der Waals surface area contributed by atoms with E-state index in [0.29, 0.717) is 6.42 Å². The van der Waals surface area contributed by atoms with Crippen molar-refractivity contribution in [2.75, 3.05) is 20.4 Å². The second kappa shape index (κ2) is 8.78. The third-order valence-electron chi connectivity index (χ3n) is 3.78. The number of nitrogens with zero attached hydrogens (tertiary/aromatic N) is 1. The number of alkyl carbamates (subject to hydrolysis) is 1. The van der Waals surface area contributed by atoms with Crippen LogP contribution in [0.15, 0.2) is 0 Å². The predicted octanol–water partition coefficient (Wildman–Crippen LogP) is 2.82. The molecule has 0 saturated heterocycles. The third-order valence-corrected chi connectivity index (χ3v) is 4.22. The summed E-state index contributed by atoms with van der Waals surface area (Å²) in [4.78, 5) is 25.6. The zero-order valence-electron chi connectivity index (χ0n) is 15.0. The highest BCUT2D eigenvalue weighted by Gasteiger charge is 2.34. The van der Waals surface area contributed by atoms with Gasteiger partial charge in [0.25, 0.3) is 0 Å². The lowest BCUT2D eigenvalue weighted by Gasteiger charge is -2.36. The zero-order valence-corrected chi connectivity index (χ0v) is 15.9. The molecule has 2 unspecified atom stereocenters. The lowest BCUT2D eigenvalue weighted by atomic mass is 9.82. The predicted molar refractivity (Wildman–Crippen MR) is 92.2 cm³/mol. The maximum absolute atomic E-state index is 12.0. The molecule has 1 aliphatic carbocycles. The van der Waals surface area contributed by atoms with E-state index in [1.807, 2.05) is 27.0 Å². The van der Waals surface area contributed by atoms with E-state index in [4.69, 9.17) is 8.92 Å². The highest BCUT2D eigenvalue weighted by molar-refractivity contribution is 7.93. The second-order valence-corrected chi connectivity index (χ2v) is 7.75. The summed E-state index contributed by atoms with van der Waals surface area (Å²) in [5, 5.41) is 2.92. The van der Waals surface area contributed by atoms with Crippen LogP contribution in [0.4, 0.5) is 4.79 Å². The van der Waals surface area contributed by atoms with Crippen LogP contribution in [0.3, 0.4) is 0 Å². The number of amides is 2. The van der Waals surface area contributed by atoms with E-state index >= 15 is 0 Å². The lowest BCUT2D eigenvalue weighted by molar-refractivity contribution is -0.130. The van der Waals surface area contributed by atoms with Crippen molar-refractivity contribution in [3.63, 3.8) is 0 Å². The maximum atomic E-state index is 12.0. The molecule has 1 aliphatic rings. The number of hydrogen-bond donors (Lipinski definition) is 1. The summed E-state index contributed by atoms with van der Waals surface area (Å²) in [5.74, 6) is 0.377. The Morgan fingerprint density at radius 1 is 1.26 bits per heavy atom. The zero-order chi connectivity index (χ0) is 17.6. The van der Waals surface area contributed by atoms with Crippen molar-refractivity contribution in [2.24, 2.45) is 5.92 Å². The van der Waals surface area contributed by atoms with E-state index in [-0.39, 0.29) is 24.0 Å². The summed E-state index contributed by atoms with van der Waals surface area (Å²) < 4.78 is 11.0. The molecular weight excluding hydrogens is 316 g/mol. The van der Waals surface area contributed by atoms with Gasteiger partial charge in [0.15, 0.2) is 0 Å². The Morgan fingerprint density at radius 3 is 2.43 bits per heavy atom. The quantitative estimate of drug-likeness (QED) is 0.775. The Labute approximate surface area is 143 Å². The molecule has 0 heterocycles. The van der Waals surface area contributed by atoms with Gasteiger partial charge in [-0.3, -0.25) is 4.79 Å². The molecule has 0 aromatic rings. The van der Waals surface area contributed by atoms with Crippen LogP contribution in [0.5, 0.6) is 0 Å². The first-order valence-corrected chi connectivity index (χ1v) is 9.16. The van der Waals surface area contributed by atoms with Crippen molar-refractivity contribution in [1.82, 2.24) is 10.2 Å². The number of hydrogen-bond acceptors (Lipinski definition) is 5. The number of nitrogens with one attached hydrogen (secondary N) is 1. The number of rotatable bonds is 5. The van der Waals surface area contributed by atoms with Crippen LogP contribution in [-0.4, -0.2) is 55.0 Å². The first kappa shape index (κ1) is 20.1. The van der Waals surface area contributed by atoms with Crippen LogP contribution in [0, 0.1) is 5.92 Å². The van der Waals surface area contributed by atoms with Crippen LogP contribution >= 0.6 is 12.0 Å². The maximum Gasteiger partial charge on any atom is 0.407 e. The van der Waals surface area contributed by atoms with E-state index < -0.39 is 11.7 Å². The summed E-state index contributed by atoms with van der Waals surface area (Å²) >= 11 is 1.30. The highest BCUT2D eigenvalue weighted by Crippen LogP contribution is 2.31. The Hall–Kier alpha value is -0.950. The topological polar surface area (TPSA) is 67.9 Å². The molecule has 1 N–H and O–H groups in total. The fraction of sp³-hybridized carbons (Fsp3) is 0.875. The van der Waals surface area contributed by atoms with Gasteiger partial charge in [0.1, 0.15) is 5.60 Å². The minimum Gasteiger partial charge on any atom is -0.444 e. The van der Waals surface area contributed by atoms with Gasteiger partial charge in [-0.15, -0.1) is 0 Å². The number of carbonyl (C=O) groups is 2. The van der Waals surface area contributed by atoms with Gasteiger partial charge < -0.3 is 19.1 Å². The first-order valence-electron chi connectivity index (χ1n) is 8.01. The monoisotopic (exact) mass is 346 g/mol. The molecule has 134 valence electrons. The van der Waals surface area contributed by atoms with Crippen molar-refractivity contribution < 1.29 is 18.5 Å². The summed E-state index contributed by atoms with van der Waals surface area (Å²) in [6, 6.07) is -0.133. The molecule has 1 fully saturated rings. The molecule has 3 atom stereocenters. The van der Waals surface area contributed by atoms with Gasteiger partial charge >= 0.3 is 6.09 Å². The summed E-state index contributed by atoms with van der Waals surface area (Å²) in [5.41, 5.74) is -0.533. The molecule has 0 spiro atoms. The molecule has 1 rings (SSSR count). The van der Waals surface area contributed by atoms with Gasteiger partial charge in [0.2, 0.25) is 5.91 Å². The Kier molecular flexibility index (Phi) is 7.67. The molecule has 0 radical (unpaired) electrons. The second-order valence-electron chi connectivity index (χ2n) is 7.23. The van der Waals surface area contributed by atoms with E-state index in [2.05, 4.69) is 5.32 Å². The molecule has 23 heavy (non-hydrogen) atoms. The molecule has 0 aliphatic heterocycles. The van der Waals surface area contributed by atoms with Crippen molar-refractivity contribution >= 4 is 24.0 Å². The average molecular weight is 346 g/mol. The van der Waals surface area contributed by atoms with Gasteiger partial charge in [0.05, 0.1) is 12.1 Å². The Balaban J connectivity index is 2.65. The lowest BCUT2D eigenvalue weighted by Crippen LogP contribution is -2.49. The molecule has 7 heteroatoms. The van der Waals surface area contributed by atoms with Crippen molar-refractivity contribution in [2.45, 2.75) is 64.2 Å². The Bertz CT molecular complexity index is 409. The number of ether oxygens (including phenoxy) is 1. The van der Waals surface area contributed by atoms with E-state index in [1.54, 1.807) is 19.0 Å². The summed E-state index contributed by atoms with van der Waals surface area (Å²) in [6.07, 6.45) is 4.37. The van der Waals surface area contributed by atoms with Crippen molar-refractivity contribution in [1.29, 1.82) is 0 Å². The molecular formula is C16H30N2O4S. The molecule has 6 nitrogen and oxygen atoms in total. The van der Waals surface area contributed by atoms with Crippen LogP contribution in [-0.2, 0) is 13.7 Å². The Morgan fingerprint density at radius 2 is 1.91 bits per heavy atom. The van der Waals surface area contributed by atoms with Crippen molar-refractivity contribution in [3.05, 3.63) is 0 Å². The largest absolute Gasteiger partial charge is 0.444 e. The standard InChI is InChI=1S/C16H30N2O4S/c1-16(2,3)21-15(20)17-12-9-11(10-14(19)18(4)5)7-8-13(12)22-23-6/h11-13H,7-10H2,1-6H3,(H,17,20)/t11?,12-,13?/m1/s1. The van der Waals surface area contributed by atoms with Crippen LogP contribution in [0.1, 0.15) is 46.5 Å². The minimum atomic E-state index is -0.533. The van der Waals surface area contributed by atoms with Gasteiger partial charge in [-0.05, 0) is 58.0 Å². The van der Waals surface area contributed by atoms with Crippen molar-refractivity contribution in [3.8, 4) is 0 Å². The van der Waals surface area contributed by atoms with Gasteiger partial charge in [-0.25, -0.2) is 4.79 Å². The van der Waals surface area contributed by atoms with E-state index in [1.165, 1.54) is 12.0 Å². The van der Waals surface area contributed by atoms with Crippen LogP contribution < -0.4 is 5.32 Å². The third kappa shape index (κ3) is 7.44. The summed E-state index contributed by atoms with van der Waals surface area (Å²) in [7, 11) is 3.53. The van der Waals surface area contributed by atoms with Crippen LogP contribution in [0.25, 0.3) is 0 Å². The first-order chi connectivity index (χ1) is 10.6. The minimum absolute atomic E-state index is 0.0526. The molecule has 2 amide bonds.